The Balaban J connectivity index is 2.25. The van der Waals surface area contributed by atoms with Crippen molar-refractivity contribution in [3.8, 4) is 0 Å². The Labute approximate surface area is 128 Å². The van der Waals surface area contributed by atoms with Gasteiger partial charge in [-0.25, -0.2) is 4.79 Å². The number of piperidine rings is 1. The molecule has 1 atom stereocenters. The maximum atomic E-state index is 12.3. The highest BCUT2D eigenvalue weighted by Crippen LogP contribution is 2.26. The smallest absolute Gasteiger partial charge is 0.327 e. The van der Waals surface area contributed by atoms with Gasteiger partial charge in [0.25, 0.3) is 5.69 Å². The van der Waals surface area contributed by atoms with Crippen molar-refractivity contribution in [1.82, 2.24) is 4.90 Å². The van der Waals surface area contributed by atoms with Crippen LogP contribution in [-0.4, -0.2) is 41.3 Å². The molecule has 0 spiro atoms. The van der Waals surface area contributed by atoms with Crippen molar-refractivity contribution < 1.29 is 19.2 Å². The molecule has 7 nitrogen and oxygen atoms in total. The van der Waals surface area contributed by atoms with Gasteiger partial charge in [0.1, 0.15) is 11.8 Å². The second-order valence-corrected chi connectivity index (χ2v) is 5.08. The number of Topliss-reactive ketones (excluding diaryl/α,β-unsaturated/α-hetero) is 1. The number of esters is 1. The fourth-order valence-corrected chi connectivity index (χ4v) is 2.53. The van der Waals surface area contributed by atoms with E-state index in [0.29, 0.717) is 31.5 Å². The Morgan fingerprint density at radius 1 is 1.32 bits per heavy atom. The summed E-state index contributed by atoms with van der Waals surface area (Å²) in [5.41, 5.74) is 0.610. The van der Waals surface area contributed by atoms with Gasteiger partial charge in [0, 0.05) is 38.1 Å². The molecule has 2 rings (SSSR count). The summed E-state index contributed by atoms with van der Waals surface area (Å²) >= 11 is 0. The standard InChI is InChI=1S/C15H18N2O5/c1-2-22-15(19)14(16-9-7-13(18)8-10-16)11-3-5-12(6-4-11)17(20)21/h3-6,14H,2,7-10H2,1H3. The first-order valence-electron chi connectivity index (χ1n) is 7.19. The lowest BCUT2D eigenvalue weighted by atomic mass is 10.0. The first-order valence-corrected chi connectivity index (χ1v) is 7.19. The molecule has 0 bridgehead atoms. The minimum Gasteiger partial charge on any atom is -0.465 e. The molecular weight excluding hydrogens is 288 g/mol. The largest absolute Gasteiger partial charge is 0.465 e. The summed E-state index contributed by atoms with van der Waals surface area (Å²) in [4.78, 5) is 35.8. The lowest BCUT2D eigenvalue weighted by molar-refractivity contribution is -0.384. The molecule has 1 heterocycles. The van der Waals surface area contributed by atoms with Crippen molar-refractivity contribution in [3.63, 3.8) is 0 Å². The van der Waals surface area contributed by atoms with Crippen molar-refractivity contribution >= 4 is 17.4 Å². The van der Waals surface area contributed by atoms with E-state index in [1.54, 1.807) is 19.1 Å². The number of likely N-dealkylation sites (tertiary alicyclic amines) is 1. The predicted octanol–water partition coefficient (Wildman–Crippen LogP) is 1.86. The van der Waals surface area contributed by atoms with E-state index in [0.717, 1.165) is 0 Å². The molecular formula is C15H18N2O5. The number of hydrogen-bond donors (Lipinski definition) is 0. The number of nitrogens with zero attached hydrogens (tertiary/aromatic N) is 2. The second kappa shape index (κ2) is 7.13. The number of rotatable bonds is 5. The van der Waals surface area contributed by atoms with Gasteiger partial charge in [-0.15, -0.1) is 0 Å². The molecule has 0 radical (unpaired) electrons. The van der Waals surface area contributed by atoms with E-state index in [4.69, 9.17) is 4.74 Å². The third kappa shape index (κ3) is 3.67. The third-order valence-corrected chi connectivity index (χ3v) is 3.65. The van der Waals surface area contributed by atoms with E-state index in [2.05, 4.69) is 0 Å². The maximum Gasteiger partial charge on any atom is 0.327 e. The van der Waals surface area contributed by atoms with Gasteiger partial charge in [0.2, 0.25) is 0 Å². The van der Waals surface area contributed by atoms with Crippen LogP contribution in [0.2, 0.25) is 0 Å². The number of hydrogen-bond acceptors (Lipinski definition) is 6. The maximum absolute atomic E-state index is 12.3. The minimum absolute atomic E-state index is 0.0276. The van der Waals surface area contributed by atoms with Gasteiger partial charge in [-0.3, -0.25) is 19.8 Å². The summed E-state index contributed by atoms with van der Waals surface area (Å²) in [6, 6.07) is 5.24. The van der Waals surface area contributed by atoms with Crippen LogP contribution >= 0.6 is 0 Å². The monoisotopic (exact) mass is 306 g/mol. The Bertz CT molecular complexity index is 560. The van der Waals surface area contributed by atoms with Crippen LogP contribution in [-0.2, 0) is 14.3 Å². The zero-order valence-corrected chi connectivity index (χ0v) is 12.4. The predicted molar refractivity (Wildman–Crippen MR) is 78.3 cm³/mol. The molecule has 0 N–H and O–H groups in total. The minimum atomic E-state index is -0.631. The van der Waals surface area contributed by atoms with E-state index >= 15 is 0 Å². The van der Waals surface area contributed by atoms with E-state index < -0.39 is 16.9 Å². The quantitative estimate of drug-likeness (QED) is 0.468. The molecule has 1 aromatic carbocycles. The number of benzene rings is 1. The zero-order chi connectivity index (χ0) is 16.1. The number of ketones is 1. The van der Waals surface area contributed by atoms with Gasteiger partial charge in [0.05, 0.1) is 11.5 Å². The molecule has 1 fully saturated rings. The number of nitro groups is 1. The number of nitro benzene ring substituents is 1. The third-order valence-electron chi connectivity index (χ3n) is 3.65. The zero-order valence-electron chi connectivity index (χ0n) is 12.4. The highest BCUT2D eigenvalue weighted by atomic mass is 16.6. The molecule has 0 aromatic heterocycles. The van der Waals surface area contributed by atoms with Gasteiger partial charge in [-0.1, -0.05) is 12.1 Å². The van der Waals surface area contributed by atoms with Gasteiger partial charge in [0.15, 0.2) is 0 Å². The molecule has 1 unspecified atom stereocenters. The summed E-state index contributed by atoms with van der Waals surface area (Å²) < 4.78 is 5.12. The van der Waals surface area contributed by atoms with Crippen molar-refractivity contribution in [1.29, 1.82) is 0 Å². The van der Waals surface area contributed by atoms with Gasteiger partial charge >= 0.3 is 5.97 Å². The van der Waals surface area contributed by atoms with Crippen LogP contribution in [0.5, 0.6) is 0 Å². The molecule has 1 saturated heterocycles. The molecule has 1 aliphatic rings. The Morgan fingerprint density at radius 2 is 1.91 bits per heavy atom. The van der Waals surface area contributed by atoms with Crippen LogP contribution in [0.4, 0.5) is 5.69 Å². The van der Waals surface area contributed by atoms with E-state index in [1.807, 2.05) is 4.90 Å². The lowest BCUT2D eigenvalue weighted by Gasteiger charge is -2.32. The van der Waals surface area contributed by atoms with Crippen LogP contribution in [0.1, 0.15) is 31.4 Å². The van der Waals surface area contributed by atoms with E-state index in [9.17, 15) is 19.7 Å². The van der Waals surface area contributed by atoms with Gasteiger partial charge in [-0.05, 0) is 12.5 Å². The van der Waals surface area contributed by atoms with E-state index in [-0.39, 0.29) is 18.1 Å². The first kappa shape index (κ1) is 16.1. The Morgan fingerprint density at radius 3 is 2.41 bits per heavy atom. The van der Waals surface area contributed by atoms with Crippen molar-refractivity contribution in [2.45, 2.75) is 25.8 Å². The van der Waals surface area contributed by atoms with Crippen molar-refractivity contribution in [2.75, 3.05) is 19.7 Å². The topological polar surface area (TPSA) is 89.8 Å². The molecule has 118 valence electrons. The molecule has 0 aliphatic carbocycles. The van der Waals surface area contributed by atoms with Crippen LogP contribution in [0.3, 0.4) is 0 Å². The van der Waals surface area contributed by atoms with Gasteiger partial charge < -0.3 is 4.74 Å². The number of carbonyl (C=O) groups is 2. The summed E-state index contributed by atoms with van der Waals surface area (Å²) in [5, 5.41) is 10.7. The second-order valence-electron chi connectivity index (χ2n) is 5.08. The molecule has 1 aliphatic heterocycles. The number of carbonyl (C=O) groups excluding carboxylic acids is 2. The molecule has 22 heavy (non-hydrogen) atoms. The Hall–Kier alpha value is -2.28. The highest BCUT2D eigenvalue weighted by Gasteiger charge is 2.31. The number of non-ortho nitro benzene ring substituents is 1. The normalized spacial score (nSPS) is 17.0. The fraction of sp³-hybridized carbons (Fsp3) is 0.467. The molecule has 1 aromatic rings. The fourth-order valence-electron chi connectivity index (χ4n) is 2.53. The average molecular weight is 306 g/mol. The van der Waals surface area contributed by atoms with Gasteiger partial charge in [-0.2, -0.15) is 0 Å². The average Bonchev–Trinajstić information content (AvgIpc) is 2.50. The van der Waals surface area contributed by atoms with E-state index in [1.165, 1.54) is 12.1 Å². The van der Waals surface area contributed by atoms with Crippen molar-refractivity contribution in [2.24, 2.45) is 0 Å². The van der Waals surface area contributed by atoms with Crippen LogP contribution in [0.25, 0.3) is 0 Å². The van der Waals surface area contributed by atoms with Crippen molar-refractivity contribution in [3.05, 3.63) is 39.9 Å². The Kier molecular flexibility index (Phi) is 5.21. The van der Waals surface area contributed by atoms with Crippen LogP contribution in [0.15, 0.2) is 24.3 Å². The highest BCUT2D eigenvalue weighted by molar-refractivity contribution is 5.81. The molecule has 0 amide bonds. The molecule has 0 saturated carbocycles. The lowest BCUT2D eigenvalue weighted by Crippen LogP contribution is -2.41. The van der Waals surface area contributed by atoms with Crippen LogP contribution < -0.4 is 0 Å². The molecule has 7 heteroatoms. The summed E-state index contributed by atoms with van der Waals surface area (Å²) in [5.74, 6) is -0.215. The summed E-state index contributed by atoms with van der Waals surface area (Å²) in [7, 11) is 0. The summed E-state index contributed by atoms with van der Waals surface area (Å²) in [6.45, 7) is 2.96. The first-order chi connectivity index (χ1) is 10.5. The SMILES string of the molecule is CCOC(=O)C(c1ccc([N+](=O)[O-])cc1)N1CCC(=O)CC1. The number of ether oxygens (including phenoxy) is 1. The van der Waals surface area contributed by atoms with Crippen LogP contribution in [0, 0.1) is 10.1 Å². The summed E-state index contributed by atoms with van der Waals surface area (Å²) in [6.07, 6.45) is 0.811.